The van der Waals surface area contributed by atoms with E-state index in [-0.39, 0.29) is 11.9 Å². The SMILES string of the molecule is CN(C)c1ccc(C2CCCCCC(=O)N2)cc1. The molecule has 3 heteroatoms. The van der Waals surface area contributed by atoms with Gasteiger partial charge in [0, 0.05) is 26.2 Å². The van der Waals surface area contributed by atoms with Gasteiger partial charge in [0.2, 0.25) is 5.91 Å². The van der Waals surface area contributed by atoms with Gasteiger partial charge in [0.1, 0.15) is 0 Å². The van der Waals surface area contributed by atoms with E-state index in [9.17, 15) is 4.79 Å². The number of benzene rings is 1. The summed E-state index contributed by atoms with van der Waals surface area (Å²) in [5, 5.41) is 3.13. The highest BCUT2D eigenvalue weighted by Crippen LogP contribution is 2.24. The second-order valence-corrected chi connectivity index (χ2v) is 5.21. The number of nitrogens with one attached hydrogen (secondary N) is 1. The lowest BCUT2D eigenvalue weighted by molar-refractivity contribution is -0.122. The van der Waals surface area contributed by atoms with Crippen LogP contribution in [0.5, 0.6) is 0 Å². The fourth-order valence-electron chi connectivity index (χ4n) is 2.40. The summed E-state index contributed by atoms with van der Waals surface area (Å²) in [5.74, 6) is 0.191. The van der Waals surface area contributed by atoms with Gasteiger partial charge in [0.05, 0.1) is 6.04 Å². The van der Waals surface area contributed by atoms with Crippen molar-refractivity contribution >= 4 is 11.6 Å². The molecule has 0 bridgehead atoms. The quantitative estimate of drug-likeness (QED) is 0.870. The molecule has 0 saturated carbocycles. The smallest absolute Gasteiger partial charge is 0.220 e. The minimum absolute atomic E-state index is 0.189. The predicted molar refractivity (Wildman–Crippen MR) is 74.7 cm³/mol. The molecule has 18 heavy (non-hydrogen) atoms. The van der Waals surface area contributed by atoms with E-state index in [2.05, 4.69) is 34.5 Å². The third-order valence-electron chi connectivity index (χ3n) is 3.54. The zero-order valence-electron chi connectivity index (χ0n) is 11.3. The third-order valence-corrected chi connectivity index (χ3v) is 3.54. The second kappa shape index (κ2) is 5.89. The molecule has 1 N–H and O–H groups in total. The normalized spacial score (nSPS) is 20.8. The van der Waals surface area contributed by atoms with Crippen molar-refractivity contribution in [2.75, 3.05) is 19.0 Å². The third kappa shape index (κ3) is 3.25. The molecule has 0 aromatic heterocycles. The summed E-state index contributed by atoms with van der Waals surface area (Å²) < 4.78 is 0. The highest BCUT2D eigenvalue weighted by atomic mass is 16.1. The van der Waals surface area contributed by atoms with Crippen molar-refractivity contribution in [2.45, 2.75) is 38.1 Å². The number of nitrogens with zero attached hydrogens (tertiary/aromatic N) is 1. The predicted octanol–water partition coefficient (Wildman–Crippen LogP) is 2.87. The molecule has 1 fully saturated rings. The van der Waals surface area contributed by atoms with Crippen molar-refractivity contribution in [2.24, 2.45) is 0 Å². The Hall–Kier alpha value is -1.51. The molecule has 1 atom stereocenters. The van der Waals surface area contributed by atoms with Crippen LogP contribution < -0.4 is 10.2 Å². The Kier molecular flexibility index (Phi) is 4.24. The Balaban J connectivity index is 2.10. The Morgan fingerprint density at radius 1 is 1.11 bits per heavy atom. The van der Waals surface area contributed by atoms with Crippen molar-refractivity contribution in [3.8, 4) is 0 Å². The summed E-state index contributed by atoms with van der Waals surface area (Å²) in [6, 6.07) is 8.67. The lowest BCUT2D eigenvalue weighted by atomic mass is 9.97. The van der Waals surface area contributed by atoms with Crippen LogP contribution >= 0.6 is 0 Å². The summed E-state index contributed by atoms with van der Waals surface area (Å²) >= 11 is 0. The molecule has 1 aliphatic heterocycles. The van der Waals surface area contributed by atoms with E-state index in [4.69, 9.17) is 0 Å². The summed E-state index contributed by atoms with van der Waals surface area (Å²) in [6.07, 6.45) is 5.11. The lowest BCUT2D eigenvalue weighted by Gasteiger charge is -2.22. The minimum atomic E-state index is 0.189. The first-order valence-electron chi connectivity index (χ1n) is 6.73. The number of hydrogen-bond donors (Lipinski definition) is 1. The van der Waals surface area contributed by atoms with E-state index in [1.165, 1.54) is 24.1 Å². The molecule has 2 rings (SSSR count). The van der Waals surface area contributed by atoms with Gasteiger partial charge in [0.25, 0.3) is 0 Å². The van der Waals surface area contributed by atoms with E-state index in [0.717, 1.165) is 12.8 Å². The molecule has 98 valence electrons. The number of carbonyl (C=O) groups is 1. The van der Waals surface area contributed by atoms with Crippen LogP contribution in [0.3, 0.4) is 0 Å². The van der Waals surface area contributed by atoms with Crippen molar-refractivity contribution in [3.63, 3.8) is 0 Å². The molecule has 1 aromatic carbocycles. The lowest BCUT2D eigenvalue weighted by Crippen LogP contribution is -2.29. The van der Waals surface area contributed by atoms with Crippen molar-refractivity contribution in [3.05, 3.63) is 29.8 Å². The van der Waals surface area contributed by atoms with Crippen molar-refractivity contribution < 1.29 is 4.79 Å². The van der Waals surface area contributed by atoms with Crippen molar-refractivity contribution in [1.29, 1.82) is 0 Å². The fraction of sp³-hybridized carbons (Fsp3) is 0.533. The summed E-state index contributed by atoms with van der Waals surface area (Å²) in [5.41, 5.74) is 2.41. The molecule has 1 saturated heterocycles. The Morgan fingerprint density at radius 2 is 1.83 bits per heavy atom. The number of hydrogen-bond acceptors (Lipinski definition) is 2. The van der Waals surface area contributed by atoms with Gasteiger partial charge < -0.3 is 10.2 Å². The van der Waals surface area contributed by atoms with Crippen LogP contribution in [0.4, 0.5) is 5.69 Å². The van der Waals surface area contributed by atoms with Gasteiger partial charge >= 0.3 is 0 Å². The number of rotatable bonds is 2. The Bertz CT molecular complexity index is 397. The van der Waals surface area contributed by atoms with Gasteiger partial charge in [0.15, 0.2) is 0 Å². The summed E-state index contributed by atoms with van der Waals surface area (Å²) in [7, 11) is 4.07. The van der Waals surface area contributed by atoms with E-state index in [0.29, 0.717) is 6.42 Å². The van der Waals surface area contributed by atoms with E-state index in [1.54, 1.807) is 0 Å². The molecule has 1 aliphatic rings. The van der Waals surface area contributed by atoms with Crippen LogP contribution in [0.1, 0.15) is 43.7 Å². The zero-order valence-corrected chi connectivity index (χ0v) is 11.3. The number of anilines is 1. The van der Waals surface area contributed by atoms with Crippen LogP contribution in [-0.4, -0.2) is 20.0 Å². The highest BCUT2D eigenvalue weighted by molar-refractivity contribution is 5.76. The standard InChI is InChI=1S/C15H22N2O/c1-17(2)13-10-8-12(9-11-13)14-6-4-3-5-7-15(18)16-14/h8-11,14H,3-7H2,1-2H3,(H,16,18). The van der Waals surface area contributed by atoms with Crippen LogP contribution in [0.2, 0.25) is 0 Å². The molecule has 1 aromatic rings. The van der Waals surface area contributed by atoms with Gasteiger partial charge in [-0.25, -0.2) is 0 Å². The van der Waals surface area contributed by atoms with E-state index in [1.807, 2.05) is 14.1 Å². The first kappa shape index (κ1) is 12.9. The van der Waals surface area contributed by atoms with Gasteiger partial charge in [-0.05, 0) is 30.5 Å². The van der Waals surface area contributed by atoms with E-state index < -0.39 is 0 Å². The molecule has 3 nitrogen and oxygen atoms in total. The van der Waals surface area contributed by atoms with Gasteiger partial charge in [-0.1, -0.05) is 25.0 Å². The molecular weight excluding hydrogens is 224 g/mol. The van der Waals surface area contributed by atoms with Crippen LogP contribution in [0.25, 0.3) is 0 Å². The van der Waals surface area contributed by atoms with Crippen LogP contribution in [-0.2, 0) is 4.79 Å². The molecule has 0 spiro atoms. The summed E-state index contributed by atoms with van der Waals surface area (Å²) in [4.78, 5) is 13.8. The average molecular weight is 246 g/mol. The Morgan fingerprint density at radius 3 is 2.50 bits per heavy atom. The minimum Gasteiger partial charge on any atom is -0.378 e. The van der Waals surface area contributed by atoms with Gasteiger partial charge in [-0.3, -0.25) is 4.79 Å². The molecule has 1 heterocycles. The monoisotopic (exact) mass is 246 g/mol. The number of amides is 1. The van der Waals surface area contributed by atoms with Crippen LogP contribution in [0, 0.1) is 0 Å². The molecule has 0 radical (unpaired) electrons. The summed E-state index contributed by atoms with van der Waals surface area (Å²) in [6.45, 7) is 0. The molecule has 1 amide bonds. The number of carbonyl (C=O) groups excluding carboxylic acids is 1. The molecule has 1 unspecified atom stereocenters. The molecular formula is C15H22N2O. The largest absolute Gasteiger partial charge is 0.378 e. The average Bonchev–Trinajstić information content (AvgIpc) is 2.34. The highest BCUT2D eigenvalue weighted by Gasteiger charge is 2.16. The first-order chi connectivity index (χ1) is 8.66. The maximum atomic E-state index is 11.7. The first-order valence-corrected chi connectivity index (χ1v) is 6.73. The van der Waals surface area contributed by atoms with E-state index >= 15 is 0 Å². The van der Waals surface area contributed by atoms with Crippen LogP contribution in [0.15, 0.2) is 24.3 Å². The van der Waals surface area contributed by atoms with Crippen molar-refractivity contribution in [1.82, 2.24) is 5.32 Å². The zero-order chi connectivity index (χ0) is 13.0. The second-order valence-electron chi connectivity index (χ2n) is 5.21. The van der Waals surface area contributed by atoms with Gasteiger partial charge in [-0.2, -0.15) is 0 Å². The van der Waals surface area contributed by atoms with Gasteiger partial charge in [-0.15, -0.1) is 0 Å². The topological polar surface area (TPSA) is 32.3 Å². The Labute approximate surface area is 109 Å². The molecule has 0 aliphatic carbocycles. The maximum absolute atomic E-state index is 11.7. The maximum Gasteiger partial charge on any atom is 0.220 e. The fourth-order valence-corrected chi connectivity index (χ4v) is 2.40.